The number of rotatable bonds is 2. The van der Waals surface area contributed by atoms with Gasteiger partial charge in [0.1, 0.15) is 17.2 Å². The van der Waals surface area contributed by atoms with Crippen LogP contribution in [0.15, 0.2) is 30.6 Å². The number of aldehydes is 1. The second-order valence-electron chi connectivity index (χ2n) is 3.19. The molecule has 0 atom stereocenters. The van der Waals surface area contributed by atoms with E-state index in [-0.39, 0.29) is 5.82 Å². The lowest BCUT2D eigenvalue weighted by Crippen LogP contribution is -1.95. The first-order valence-corrected chi connectivity index (χ1v) is 4.45. The molecule has 3 nitrogen and oxygen atoms in total. The smallest absolute Gasteiger partial charge is 0.168 e. The number of aryl methyl sites for hydroxylation is 1. The van der Waals surface area contributed by atoms with Crippen LogP contribution in [0.1, 0.15) is 10.5 Å². The molecule has 0 spiro atoms. The maximum absolute atomic E-state index is 13.4. The van der Waals surface area contributed by atoms with E-state index in [1.54, 1.807) is 29.8 Å². The van der Waals surface area contributed by atoms with Crippen LogP contribution in [-0.2, 0) is 7.05 Å². The summed E-state index contributed by atoms with van der Waals surface area (Å²) in [7, 11) is 1.70. The molecule has 76 valence electrons. The van der Waals surface area contributed by atoms with E-state index in [4.69, 9.17) is 0 Å². The summed E-state index contributed by atoms with van der Waals surface area (Å²) in [6.07, 6.45) is 2.17. The van der Waals surface area contributed by atoms with Crippen LogP contribution in [0.2, 0.25) is 0 Å². The molecule has 0 unspecified atom stereocenters. The number of carbonyl (C=O) groups excluding carboxylic acids is 1. The third kappa shape index (κ3) is 1.54. The van der Waals surface area contributed by atoms with Crippen LogP contribution < -0.4 is 0 Å². The third-order valence-corrected chi connectivity index (χ3v) is 2.22. The summed E-state index contributed by atoms with van der Waals surface area (Å²) in [5.41, 5.74) is 1.10. The fourth-order valence-electron chi connectivity index (χ4n) is 1.44. The quantitative estimate of drug-likeness (QED) is 0.701. The van der Waals surface area contributed by atoms with E-state index in [2.05, 4.69) is 4.98 Å². The number of imidazole rings is 1. The van der Waals surface area contributed by atoms with Gasteiger partial charge in [-0.05, 0) is 12.1 Å². The van der Waals surface area contributed by atoms with Crippen molar-refractivity contribution in [3.63, 3.8) is 0 Å². The molecule has 1 heterocycles. The summed E-state index contributed by atoms with van der Waals surface area (Å²) in [5, 5.41) is 0. The Bertz CT molecular complexity index is 505. The average molecular weight is 204 g/mol. The van der Waals surface area contributed by atoms with Gasteiger partial charge in [0.15, 0.2) is 6.29 Å². The molecule has 2 aromatic rings. The number of aromatic nitrogens is 2. The van der Waals surface area contributed by atoms with Crippen LogP contribution >= 0.6 is 0 Å². The van der Waals surface area contributed by atoms with Crippen molar-refractivity contribution in [3.8, 4) is 11.3 Å². The van der Waals surface area contributed by atoms with Crippen LogP contribution in [0.5, 0.6) is 0 Å². The molecule has 0 fully saturated rings. The molecule has 0 N–H and O–H groups in total. The fourth-order valence-corrected chi connectivity index (χ4v) is 1.44. The molecule has 0 aliphatic rings. The van der Waals surface area contributed by atoms with Gasteiger partial charge >= 0.3 is 0 Å². The van der Waals surface area contributed by atoms with Crippen molar-refractivity contribution >= 4 is 6.29 Å². The highest BCUT2D eigenvalue weighted by atomic mass is 19.1. The Morgan fingerprint density at radius 2 is 2.13 bits per heavy atom. The number of hydrogen-bond acceptors (Lipinski definition) is 2. The minimum absolute atomic E-state index is 0.347. The van der Waals surface area contributed by atoms with Gasteiger partial charge in [-0.2, -0.15) is 0 Å². The number of halogens is 1. The zero-order valence-corrected chi connectivity index (χ0v) is 8.14. The van der Waals surface area contributed by atoms with Gasteiger partial charge in [0.05, 0.1) is 6.33 Å². The predicted octanol–water partition coefficient (Wildman–Crippen LogP) is 2.04. The standard InChI is InChI=1S/C11H9FN2O/c1-14-7-13-11(10(14)6-15)8-4-2-3-5-9(8)12/h2-7H,1H3. The normalized spacial score (nSPS) is 10.3. The van der Waals surface area contributed by atoms with Crippen molar-refractivity contribution in [2.45, 2.75) is 0 Å². The molecule has 4 heteroatoms. The van der Waals surface area contributed by atoms with Crippen LogP contribution in [-0.4, -0.2) is 15.8 Å². The molecule has 0 saturated carbocycles. The van der Waals surface area contributed by atoms with Crippen LogP contribution in [0.4, 0.5) is 4.39 Å². The van der Waals surface area contributed by atoms with Crippen molar-refractivity contribution in [1.82, 2.24) is 9.55 Å². The Kier molecular flexibility index (Phi) is 2.33. The van der Waals surface area contributed by atoms with Gasteiger partial charge in [0, 0.05) is 12.6 Å². The highest BCUT2D eigenvalue weighted by molar-refractivity contribution is 5.83. The Hall–Kier alpha value is -1.97. The van der Waals surface area contributed by atoms with Crippen molar-refractivity contribution in [2.24, 2.45) is 7.05 Å². The third-order valence-electron chi connectivity index (χ3n) is 2.22. The zero-order chi connectivity index (χ0) is 10.8. The fraction of sp³-hybridized carbons (Fsp3) is 0.0909. The second kappa shape index (κ2) is 3.65. The van der Waals surface area contributed by atoms with Crippen LogP contribution in [0.25, 0.3) is 11.3 Å². The molecule has 0 saturated heterocycles. The molecular weight excluding hydrogens is 195 g/mol. The molecule has 0 aliphatic heterocycles. The van der Waals surface area contributed by atoms with Gasteiger partial charge in [0.25, 0.3) is 0 Å². The van der Waals surface area contributed by atoms with Gasteiger partial charge in [0.2, 0.25) is 0 Å². The lowest BCUT2D eigenvalue weighted by molar-refractivity contribution is 0.111. The molecule has 2 rings (SSSR count). The van der Waals surface area contributed by atoms with E-state index in [0.717, 1.165) is 0 Å². The summed E-state index contributed by atoms with van der Waals surface area (Å²) in [5.74, 6) is -0.376. The maximum atomic E-state index is 13.4. The number of carbonyl (C=O) groups is 1. The van der Waals surface area contributed by atoms with Crippen LogP contribution in [0, 0.1) is 5.82 Å². The van der Waals surface area contributed by atoms with Gasteiger partial charge in [-0.15, -0.1) is 0 Å². The topological polar surface area (TPSA) is 34.9 Å². The Morgan fingerprint density at radius 1 is 1.40 bits per heavy atom. The monoisotopic (exact) mass is 204 g/mol. The van der Waals surface area contributed by atoms with Gasteiger partial charge in [-0.3, -0.25) is 4.79 Å². The minimum Gasteiger partial charge on any atom is -0.331 e. The van der Waals surface area contributed by atoms with E-state index in [1.807, 2.05) is 0 Å². The maximum Gasteiger partial charge on any atom is 0.168 e. The van der Waals surface area contributed by atoms with Crippen LogP contribution in [0.3, 0.4) is 0 Å². The van der Waals surface area contributed by atoms with E-state index in [1.165, 1.54) is 12.4 Å². The van der Waals surface area contributed by atoms with E-state index >= 15 is 0 Å². The number of nitrogens with zero attached hydrogens (tertiary/aromatic N) is 2. The summed E-state index contributed by atoms with van der Waals surface area (Å²) in [6, 6.07) is 6.26. The lowest BCUT2D eigenvalue weighted by atomic mass is 10.1. The zero-order valence-electron chi connectivity index (χ0n) is 8.14. The van der Waals surface area contributed by atoms with Gasteiger partial charge in [-0.25, -0.2) is 9.37 Å². The number of hydrogen-bond donors (Lipinski definition) is 0. The lowest BCUT2D eigenvalue weighted by Gasteiger charge is -2.00. The molecule has 0 aliphatic carbocycles. The Balaban J connectivity index is 2.64. The largest absolute Gasteiger partial charge is 0.331 e. The first-order chi connectivity index (χ1) is 7.24. The highest BCUT2D eigenvalue weighted by Crippen LogP contribution is 2.23. The minimum atomic E-state index is -0.376. The van der Waals surface area contributed by atoms with Crippen molar-refractivity contribution in [2.75, 3.05) is 0 Å². The second-order valence-corrected chi connectivity index (χ2v) is 3.19. The van der Waals surface area contributed by atoms with E-state index in [9.17, 15) is 9.18 Å². The van der Waals surface area contributed by atoms with Crippen molar-refractivity contribution < 1.29 is 9.18 Å². The van der Waals surface area contributed by atoms with Gasteiger partial charge in [-0.1, -0.05) is 12.1 Å². The molecular formula is C11H9FN2O. The van der Waals surface area contributed by atoms with E-state index < -0.39 is 0 Å². The molecule has 0 radical (unpaired) electrons. The average Bonchev–Trinajstić information content (AvgIpc) is 2.60. The highest BCUT2D eigenvalue weighted by Gasteiger charge is 2.13. The first-order valence-electron chi connectivity index (χ1n) is 4.45. The molecule has 1 aromatic carbocycles. The summed E-state index contributed by atoms with van der Waals surface area (Å²) in [6.45, 7) is 0. The summed E-state index contributed by atoms with van der Waals surface area (Å²) < 4.78 is 15.0. The first kappa shape index (κ1) is 9.58. The molecule has 0 amide bonds. The predicted molar refractivity (Wildman–Crippen MR) is 54.0 cm³/mol. The molecule has 15 heavy (non-hydrogen) atoms. The Labute approximate surface area is 86.2 Å². The SMILES string of the molecule is Cn1cnc(-c2ccccc2F)c1C=O. The molecule has 0 bridgehead atoms. The van der Waals surface area contributed by atoms with Crippen molar-refractivity contribution in [1.29, 1.82) is 0 Å². The molecule has 1 aromatic heterocycles. The Morgan fingerprint density at radius 3 is 2.80 bits per heavy atom. The summed E-state index contributed by atoms with van der Waals surface area (Å²) >= 11 is 0. The summed E-state index contributed by atoms with van der Waals surface area (Å²) in [4.78, 5) is 14.8. The number of benzene rings is 1. The van der Waals surface area contributed by atoms with Crippen molar-refractivity contribution in [3.05, 3.63) is 42.1 Å². The van der Waals surface area contributed by atoms with E-state index in [0.29, 0.717) is 23.2 Å². The van der Waals surface area contributed by atoms with Gasteiger partial charge < -0.3 is 4.57 Å².